The lowest BCUT2D eigenvalue weighted by atomic mass is 10.1. The number of hydrogen-bond acceptors (Lipinski definition) is 6. The van der Waals surface area contributed by atoms with E-state index in [0.29, 0.717) is 34.3 Å². The number of hydrogen-bond donors (Lipinski definition) is 2. The van der Waals surface area contributed by atoms with Gasteiger partial charge in [-0.1, -0.05) is 35.0 Å². The Hall–Kier alpha value is -4.04. The largest absolute Gasteiger partial charge is 0.489 e. The summed E-state index contributed by atoms with van der Waals surface area (Å²) in [6.45, 7) is 0.0893. The summed E-state index contributed by atoms with van der Waals surface area (Å²) in [5, 5.41) is 4.26. The molecule has 0 saturated heterocycles. The van der Waals surface area contributed by atoms with Gasteiger partial charge in [-0.15, -0.1) is 0 Å². The highest BCUT2D eigenvalue weighted by molar-refractivity contribution is 6.30. The summed E-state index contributed by atoms with van der Waals surface area (Å²) in [6, 6.07) is 20.2. The van der Waals surface area contributed by atoms with E-state index in [4.69, 9.17) is 37.4 Å². The van der Waals surface area contributed by atoms with Gasteiger partial charge in [0.1, 0.15) is 18.1 Å². The van der Waals surface area contributed by atoms with Gasteiger partial charge in [0.2, 0.25) is 0 Å². The highest BCUT2D eigenvalue weighted by Gasteiger charge is 2.09. The van der Waals surface area contributed by atoms with Crippen LogP contribution in [0, 0.1) is 0 Å². The average molecular weight is 454 g/mol. The van der Waals surface area contributed by atoms with Crippen LogP contribution in [-0.4, -0.2) is 24.3 Å². The van der Waals surface area contributed by atoms with Crippen molar-refractivity contribution in [2.45, 2.75) is 6.61 Å². The first-order chi connectivity index (χ1) is 15.4. The number of carbonyl (C=O) groups is 2. The number of amidine groups is 1. The van der Waals surface area contributed by atoms with Crippen LogP contribution in [0.4, 0.5) is 0 Å². The number of rotatable bonds is 9. The quantitative estimate of drug-likeness (QED) is 0.221. The number of carbonyl (C=O) groups excluding carboxylic acids is 2. The molecule has 32 heavy (non-hydrogen) atoms. The van der Waals surface area contributed by atoms with E-state index in [9.17, 15) is 9.59 Å². The summed E-state index contributed by atoms with van der Waals surface area (Å²) in [5.41, 5.74) is 12.6. The zero-order chi connectivity index (χ0) is 22.9. The normalized spacial score (nSPS) is 11.0. The van der Waals surface area contributed by atoms with Crippen LogP contribution in [0.25, 0.3) is 0 Å². The van der Waals surface area contributed by atoms with Gasteiger partial charge in [0, 0.05) is 10.6 Å². The number of ether oxygens (including phenoxy) is 2. The lowest BCUT2D eigenvalue weighted by Crippen LogP contribution is -2.20. The molecule has 8 nitrogen and oxygen atoms in total. The molecule has 0 aliphatic rings. The van der Waals surface area contributed by atoms with Gasteiger partial charge in [0.05, 0.1) is 5.56 Å². The summed E-state index contributed by atoms with van der Waals surface area (Å²) in [5.74, 6) is -0.137. The van der Waals surface area contributed by atoms with Crippen molar-refractivity contribution in [1.82, 2.24) is 0 Å². The first-order valence-corrected chi connectivity index (χ1v) is 9.82. The van der Waals surface area contributed by atoms with E-state index in [1.165, 1.54) is 0 Å². The van der Waals surface area contributed by atoms with Crippen molar-refractivity contribution < 1.29 is 23.9 Å². The molecule has 9 heteroatoms. The lowest BCUT2D eigenvalue weighted by molar-refractivity contribution is -0.119. The van der Waals surface area contributed by atoms with Crippen LogP contribution in [0.5, 0.6) is 11.5 Å². The molecule has 3 aromatic rings. The molecule has 0 unspecified atom stereocenters. The Morgan fingerprint density at radius 2 is 1.53 bits per heavy atom. The van der Waals surface area contributed by atoms with Crippen molar-refractivity contribution in [3.05, 3.63) is 94.5 Å². The Morgan fingerprint density at radius 1 is 0.844 bits per heavy atom. The summed E-state index contributed by atoms with van der Waals surface area (Å²) in [7, 11) is 0. The lowest BCUT2D eigenvalue weighted by Gasteiger charge is -2.07. The van der Waals surface area contributed by atoms with Gasteiger partial charge in [0.25, 0.3) is 5.91 Å². The summed E-state index contributed by atoms with van der Waals surface area (Å²) in [4.78, 5) is 27.9. The maximum atomic E-state index is 12.2. The van der Waals surface area contributed by atoms with Crippen LogP contribution in [0.15, 0.2) is 78.0 Å². The van der Waals surface area contributed by atoms with E-state index < -0.39 is 11.9 Å². The van der Waals surface area contributed by atoms with Crippen LogP contribution in [-0.2, 0) is 16.2 Å². The molecule has 0 saturated carbocycles. The Labute approximate surface area is 189 Å². The number of oxime groups is 1. The van der Waals surface area contributed by atoms with Crippen LogP contribution < -0.4 is 20.9 Å². The minimum absolute atomic E-state index is 0.00587. The second-order valence-electron chi connectivity index (χ2n) is 6.58. The minimum atomic E-state index is -0.656. The third-order valence-electron chi connectivity index (χ3n) is 4.15. The summed E-state index contributed by atoms with van der Waals surface area (Å²) < 4.78 is 10.8. The Balaban J connectivity index is 1.53. The molecule has 0 fully saturated rings. The van der Waals surface area contributed by atoms with Crippen molar-refractivity contribution in [3.8, 4) is 11.5 Å². The molecule has 0 bridgehead atoms. The van der Waals surface area contributed by atoms with E-state index in [2.05, 4.69) is 5.16 Å². The van der Waals surface area contributed by atoms with Gasteiger partial charge in [-0.25, -0.2) is 4.79 Å². The maximum absolute atomic E-state index is 12.2. The van der Waals surface area contributed by atoms with E-state index >= 15 is 0 Å². The zero-order valence-electron chi connectivity index (χ0n) is 16.9. The molecule has 0 aliphatic carbocycles. The molecule has 0 radical (unpaired) electrons. The first-order valence-electron chi connectivity index (χ1n) is 9.44. The zero-order valence-corrected chi connectivity index (χ0v) is 17.6. The number of nitrogens with zero attached hydrogens (tertiary/aromatic N) is 1. The van der Waals surface area contributed by atoms with Crippen LogP contribution >= 0.6 is 11.6 Å². The molecular formula is C23H20ClN3O5. The molecule has 0 aliphatic heterocycles. The van der Waals surface area contributed by atoms with E-state index in [-0.39, 0.29) is 12.4 Å². The monoisotopic (exact) mass is 453 g/mol. The van der Waals surface area contributed by atoms with Crippen molar-refractivity contribution in [2.75, 3.05) is 6.61 Å². The fraction of sp³-hybridized carbons (Fsp3) is 0.0870. The van der Waals surface area contributed by atoms with Crippen molar-refractivity contribution in [1.29, 1.82) is 0 Å². The second-order valence-corrected chi connectivity index (χ2v) is 7.01. The fourth-order valence-electron chi connectivity index (χ4n) is 2.53. The molecule has 0 heterocycles. The smallest absolute Gasteiger partial charge is 0.365 e. The standard InChI is InChI=1S/C23H20ClN3O5/c24-18-2-1-3-20(12-18)30-13-15-4-6-17(7-5-15)23(29)32-27-22(26)16-8-10-19(11-9-16)31-14-21(25)28/h1-12H,13-14H2,(H2,25,28)(H2,26,27). The van der Waals surface area contributed by atoms with E-state index in [1.807, 2.05) is 6.07 Å². The number of halogens is 1. The number of nitrogens with two attached hydrogens (primary N) is 2. The average Bonchev–Trinajstić information content (AvgIpc) is 2.80. The van der Waals surface area contributed by atoms with Crippen LogP contribution in [0.1, 0.15) is 21.5 Å². The number of primary amides is 1. The second kappa shape index (κ2) is 10.8. The van der Waals surface area contributed by atoms with Crippen molar-refractivity contribution in [2.24, 2.45) is 16.6 Å². The van der Waals surface area contributed by atoms with Crippen molar-refractivity contribution >= 4 is 29.3 Å². The molecule has 3 rings (SSSR count). The molecule has 1 amide bonds. The third kappa shape index (κ3) is 6.75. The van der Waals surface area contributed by atoms with Gasteiger partial charge in [0.15, 0.2) is 12.4 Å². The van der Waals surface area contributed by atoms with E-state index in [0.717, 1.165) is 5.56 Å². The molecule has 3 aromatic carbocycles. The van der Waals surface area contributed by atoms with Crippen molar-refractivity contribution in [3.63, 3.8) is 0 Å². The fourth-order valence-corrected chi connectivity index (χ4v) is 2.71. The minimum Gasteiger partial charge on any atom is -0.489 e. The number of benzene rings is 3. The Morgan fingerprint density at radius 3 is 2.19 bits per heavy atom. The predicted octanol–water partition coefficient (Wildman–Crippen LogP) is 3.26. The molecule has 4 N–H and O–H groups in total. The molecule has 0 atom stereocenters. The Bertz CT molecular complexity index is 1120. The van der Waals surface area contributed by atoms with Gasteiger partial charge < -0.3 is 25.8 Å². The van der Waals surface area contributed by atoms with Gasteiger partial charge in [-0.3, -0.25) is 4.79 Å². The van der Waals surface area contributed by atoms with Gasteiger partial charge >= 0.3 is 5.97 Å². The third-order valence-corrected chi connectivity index (χ3v) is 4.38. The van der Waals surface area contributed by atoms with Crippen LogP contribution in [0.2, 0.25) is 5.02 Å². The SMILES string of the molecule is NC(=O)COc1ccc(/C(N)=N/OC(=O)c2ccc(COc3cccc(Cl)c3)cc2)cc1. The van der Waals surface area contributed by atoms with Gasteiger partial charge in [-0.2, -0.15) is 0 Å². The van der Waals surface area contributed by atoms with Gasteiger partial charge in [-0.05, 0) is 60.2 Å². The summed E-state index contributed by atoms with van der Waals surface area (Å²) >= 11 is 5.93. The first kappa shape index (κ1) is 22.6. The topological polar surface area (TPSA) is 126 Å². The maximum Gasteiger partial charge on any atom is 0.365 e. The molecule has 164 valence electrons. The molecule has 0 spiro atoms. The van der Waals surface area contributed by atoms with Crippen LogP contribution in [0.3, 0.4) is 0 Å². The Kier molecular flexibility index (Phi) is 7.66. The highest BCUT2D eigenvalue weighted by atomic mass is 35.5. The highest BCUT2D eigenvalue weighted by Crippen LogP contribution is 2.18. The number of amides is 1. The predicted molar refractivity (Wildman–Crippen MR) is 119 cm³/mol. The summed E-state index contributed by atoms with van der Waals surface area (Å²) in [6.07, 6.45) is 0. The molecule has 0 aromatic heterocycles. The van der Waals surface area contributed by atoms with E-state index in [1.54, 1.807) is 66.7 Å². The molecular weight excluding hydrogens is 434 g/mol.